The third-order valence-electron chi connectivity index (χ3n) is 4.93. The van der Waals surface area contributed by atoms with Crippen LogP contribution in [-0.4, -0.2) is 38.9 Å². The van der Waals surface area contributed by atoms with E-state index in [-0.39, 0.29) is 10.8 Å². The first-order valence-corrected chi connectivity index (χ1v) is 12.0. The summed E-state index contributed by atoms with van der Waals surface area (Å²) in [5.41, 5.74) is 0.725. The zero-order chi connectivity index (χ0) is 20.0. The largest absolute Gasteiger partial charge is 0.351 e. The molecule has 150 valence electrons. The molecule has 0 radical (unpaired) electrons. The summed E-state index contributed by atoms with van der Waals surface area (Å²) in [5.74, 6) is 0.620. The Morgan fingerprint density at radius 2 is 1.71 bits per heavy atom. The van der Waals surface area contributed by atoms with Crippen LogP contribution in [0.1, 0.15) is 36.0 Å². The molecule has 0 spiro atoms. The second-order valence-electron chi connectivity index (χ2n) is 6.84. The van der Waals surface area contributed by atoms with Crippen molar-refractivity contribution in [2.45, 2.75) is 35.8 Å². The van der Waals surface area contributed by atoms with E-state index in [9.17, 15) is 13.2 Å². The van der Waals surface area contributed by atoms with Gasteiger partial charge in [0.2, 0.25) is 0 Å². The van der Waals surface area contributed by atoms with Gasteiger partial charge in [0.15, 0.2) is 0 Å². The maximum atomic E-state index is 12.9. The number of carbonyl (C=O) groups excluding carboxylic acids is 1. The van der Waals surface area contributed by atoms with Gasteiger partial charge in [-0.05, 0) is 37.1 Å². The summed E-state index contributed by atoms with van der Waals surface area (Å²) in [5, 5.41) is 3.64. The summed E-state index contributed by atoms with van der Waals surface area (Å²) < 4.78 is 27.0. The first-order valence-electron chi connectivity index (χ1n) is 9.53. The van der Waals surface area contributed by atoms with Crippen LogP contribution in [0.4, 0.5) is 5.69 Å². The van der Waals surface area contributed by atoms with Gasteiger partial charge in [-0.1, -0.05) is 43.2 Å². The van der Waals surface area contributed by atoms with Gasteiger partial charge in [0.25, 0.3) is 15.9 Å². The van der Waals surface area contributed by atoms with Crippen molar-refractivity contribution in [1.82, 2.24) is 5.32 Å². The summed E-state index contributed by atoms with van der Waals surface area (Å²) in [6.45, 7) is 0.573. The van der Waals surface area contributed by atoms with E-state index in [2.05, 4.69) is 5.32 Å². The zero-order valence-electron chi connectivity index (χ0n) is 16.0. The number of sulfonamides is 1. The van der Waals surface area contributed by atoms with Crippen LogP contribution in [0.15, 0.2) is 59.5 Å². The van der Waals surface area contributed by atoms with Crippen molar-refractivity contribution in [3.63, 3.8) is 0 Å². The highest BCUT2D eigenvalue weighted by atomic mass is 32.2. The van der Waals surface area contributed by atoms with E-state index in [1.54, 1.807) is 54.6 Å². The van der Waals surface area contributed by atoms with Crippen LogP contribution in [0.5, 0.6) is 0 Å². The number of rotatable bonds is 8. The van der Waals surface area contributed by atoms with Crippen LogP contribution in [-0.2, 0) is 10.0 Å². The molecule has 0 aliphatic heterocycles. The third kappa shape index (κ3) is 4.89. The molecule has 28 heavy (non-hydrogen) atoms. The van der Waals surface area contributed by atoms with E-state index in [0.29, 0.717) is 23.0 Å². The Labute approximate surface area is 171 Å². The Hall–Kier alpha value is -1.99. The molecular formula is C21H26N2O3S2. The summed E-state index contributed by atoms with van der Waals surface area (Å²) in [6.07, 6.45) is 5.15. The Morgan fingerprint density at radius 3 is 2.43 bits per heavy atom. The Balaban J connectivity index is 1.68. The number of para-hydroxylation sites is 1. The van der Waals surface area contributed by atoms with Crippen LogP contribution in [0.25, 0.3) is 0 Å². The first-order chi connectivity index (χ1) is 13.5. The van der Waals surface area contributed by atoms with E-state index >= 15 is 0 Å². The number of anilines is 1. The lowest BCUT2D eigenvalue weighted by Crippen LogP contribution is -2.31. The third-order valence-corrected chi connectivity index (χ3v) is 8.10. The van der Waals surface area contributed by atoms with Crippen LogP contribution in [0.3, 0.4) is 0 Å². The molecule has 0 saturated heterocycles. The number of nitrogens with one attached hydrogen (secondary N) is 1. The number of benzene rings is 2. The van der Waals surface area contributed by atoms with Crippen molar-refractivity contribution in [3.8, 4) is 0 Å². The summed E-state index contributed by atoms with van der Waals surface area (Å²) in [4.78, 5) is 12.9. The van der Waals surface area contributed by atoms with Crippen LogP contribution >= 0.6 is 11.8 Å². The number of carbonyl (C=O) groups is 1. The predicted molar refractivity (Wildman–Crippen MR) is 116 cm³/mol. The van der Waals surface area contributed by atoms with Crippen LogP contribution < -0.4 is 9.62 Å². The van der Waals surface area contributed by atoms with E-state index in [1.807, 2.05) is 11.8 Å². The van der Waals surface area contributed by atoms with Gasteiger partial charge in [0, 0.05) is 24.6 Å². The molecule has 1 aliphatic rings. The highest BCUT2D eigenvalue weighted by Crippen LogP contribution is 2.29. The van der Waals surface area contributed by atoms with Crippen molar-refractivity contribution < 1.29 is 13.2 Å². The molecule has 0 bridgehead atoms. The first kappa shape index (κ1) is 20.7. The molecule has 1 aliphatic carbocycles. The van der Waals surface area contributed by atoms with Gasteiger partial charge in [-0.25, -0.2) is 8.42 Å². The lowest BCUT2D eigenvalue weighted by atomic mass is 10.1. The second kappa shape index (κ2) is 9.47. The quantitative estimate of drug-likeness (QED) is 0.660. The fraction of sp³-hybridized carbons (Fsp3) is 0.381. The van der Waals surface area contributed by atoms with Gasteiger partial charge in [-0.3, -0.25) is 9.10 Å². The molecule has 2 aromatic carbocycles. The molecule has 1 saturated carbocycles. The Morgan fingerprint density at radius 1 is 1.07 bits per heavy atom. The summed E-state index contributed by atoms with van der Waals surface area (Å²) in [7, 11) is -2.26. The minimum atomic E-state index is -3.74. The molecule has 5 nitrogen and oxygen atoms in total. The highest BCUT2D eigenvalue weighted by molar-refractivity contribution is 7.99. The number of hydrogen-bond donors (Lipinski definition) is 1. The molecule has 3 rings (SSSR count). The van der Waals surface area contributed by atoms with Gasteiger partial charge >= 0.3 is 0 Å². The molecule has 1 N–H and O–H groups in total. The van der Waals surface area contributed by atoms with Crippen molar-refractivity contribution in [2.24, 2.45) is 0 Å². The molecule has 0 atom stereocenters. The van der Waals surface area contributed by atoms with Gasteiger partial charge in [0.1, 0.15) is 0 Å². The average molecular weight is 419 g/mol. The number of nitrogens with zero attached hydrogens (tertiary/aromatic N) is 1. The molecule has 0 unspecified atom stereocenters. The van der Waals surface area contributed by atoms with E-state index < -0.39 is 10.0 Å². The Kier molecular flexibility index (Phi) is 7.02. The lowest BCUT2D eigenvalue weighted by Gasteiger charge is -2.22. The smallest absolute Gasteiger partial charge is 0.264 e. The summed E-state index contributed by atoms with van der Waals surface area (Å²) >= 11 is 1.91. The number of amides is 1. The van der Waals surface area contributed by atoms with Gasteiger partial charge < -0.3 is 5.32 Å². The van der Waals surface area contributed by atoms with Crippen molar-refractivity contribution in [2.75, 3.05) is 23.7 Å². The SMILES string of the molecule is CN(c1ccccc1C(=O)NCCSC1CCCC1)S(=O)(=O)c1ccccc1. The lowest BCUT2D eigenvalue weighted by molar-refractivity contribution is 0.0957. The maximum Gasteiger partial charge on any atom is 0.264 e. The van der Waals surface area contributed by atoms with Gasteiger partial charge in [0.05, 0.1) is 16.1 Å². The van der Waals surface area contributed by atoms with Crippen LogP contribution in [0.2, 0.25) is 0 Å². The maximum absolute atomic E-state index is 12.9. The van der Waals surface area contributed by atoms with E-state index in [4.69, 9.17) is 0 Å². The van der Waals surface area contributed by atoms with Crippen molar-refractivity contribution in [3.05, 3.63) is 60.2 Å². The van der Waals surface area contributed by atoms with Crippen molar-refractivity contribution >= 4 is 33.4 Å². The Bertz CT molecular complexity index is 895. The van der Waals surface area contributed by atoms with E-state index in [0.717, 1.165) is 5.75 Å². The van der Waals surface area contributed by atoms with E-state index in [1.165, 1.54) is 37.0 Å². The molecule has 0 aromatic heterocycles. The zero-order valence-corrected chi connectivity index (χ0v) is 17.6. The van der Waals surface area contributed by atoms with Crippen molar-refractivity contribution in [1.29, 1.82) is 0 Å². The molecule has 1 amide bonds. The van der Waals surface area contributed by atoms with Gasteiger partial charge in [-0.2, -0.15) is 11.8 Å². The normalized spacial score (nSPS) is 14.8. The monoisotopic (exact) mass is 418 g/mol. The molecule has 7 heteroatoms. The van der Waals surface area contributed by atoms with Crippen LogP contribution in [0, 0.1) is 0 Å². The molecule has 0 heterocycles. The summed E-state index contributed by atoms with van der Waals surface area (Å²) in [6, 6.07) is 15.0. The standard InChI is InChI=1S/C21H26N2O3S2/c1-23(28(25,26)18-11-3-2-4-12-18)20-14-8-7-13-19(20)21(24)22-15-16-27-17-9-5-6-10-17/h2-4,7-8,11-14,17H,5-6,9-10,15-16H2,1H3,(H,22,24). The minimum Gasteiger partial charge on any atom is -0.351 e. The molecule has 1 fully saturated rings. The fourth-order valence-electron chi connectivity index (χ4n) is 3.36. The number of hydrogen-bond acceptors (Lipinski definition) is 4. The average Bonchev–Trinajstić information content (AvgIpc) is 3.24. The molecular weight excluding hydrogens is 392 g/mol. The highest BCUT2D eigenvalue weighted by Gasteiger charge is 2.24. The second-order valence-corrected chi connectivity index (χ2v) is 10.2. The van der Waals surface area contributed by atoms with Gasteiger partial charge in [-0.15, -0.1) is 0 Å². The predicted octanol–water partition coefficient (Wildman–Crippen LogP) is 3.92. The minimum absolute atomic E-state index is 0.195. The fourth-order valence-corrected chi connectivity index (χ4v) is 5.82. The topological polar surface area (TPSA) is 66.5 Å². The number of thioether (sulfide) groups is 1. The molecule has 2 aromatic rings.